The minimum absolute atomic E-state index is 0.0447. The number of carboxylic acids is 2. The SMILES string of the molecule is CC(C)(C(=O)O)n1cc(C(=O)N[C@@H](Cc2ccccc2)C(=O)NCC(=O)N[C@@H](Cc2ccccc2)C(=O)NCC(=O)O)nn1. The molecular formula is C29H33N7O8. The van der Waals surface area contributed by atoms with Gasteiger partial charge in [-0.25, -0.2) is 9.48 Å². The summed E-state index contributed by atoms with van der Waals surface area (Å²) >= 11 is 0. The highest BCUT2D eigenvalue weighted by Crippen LogP contribution is 2.14. The molecule has 0 aliphatic carbocycles. The predicted octanol–water partition coefficient (Wildman–Crippen LogP) is -0.517. The van der Waals surface area contributed by atoms with Gasteiger partial charge in [0.25, 0.3) is 5.91 Å². The van der Waals surface area contributed by atoms with Gasteiger partial charge in [-0.1, -0.05) is 65.9 Å². The van der Waals surface area contributed by atoms with Crippen molar-refractivity contribution in [1.82, 2.24) is 36.3 Å². The van der Waals surface area contributed by atoms with Crippen LogP contribution in [0.4, 0.5) is 0 Å². The first kappa shape index (κ1) is 32.9. The lowest BCUT2D eigenvalue weighted by molar-refractivity contribution is -0.146. The number of aromatic nitrogens is 3. The molecule has 4 amide bonds. The van der Waals surface area contributed by atoms with Gasteiger partial charge in [-0.2, -0.15) is 0 Å². The van der Waals surface area contributed by atoms with Crippen molar-refractivity contribution >= 4 is 35.6 Å². The van der Waals surface area contributed by atoms with Crippen LogP contribution in [0.2, 0.25) is 0 Å². The zero-order chi connectivity index (χ0) is 32.3. The molecule has 2 atom stereocenters. The third-order valence-electron chi connectivity index (χ3n) is 6.50. The van der Waals surface area contributed by atoms with Gasteiger partial charge in [0.15, 0.2) is 11.2 Å². The second-order valence-corrected chi connectivity index (χ2v) is 10.3. The molecule has 6 N–H and O–H groups in total. The van der Waals surface area contributed by atoms with E-state index in [1.807, 2.05) is 0 Å². The molecule has 0 bridgehead atoms. The van der Waals surface area contributed by atoms with Crippen molar-refractivity contribution in [2.75, 3.05) is 13.1 Å². The van der Waals surface area contributed by atoms with Crippen LogP contribution in [0.1, 0.15) is 35.5 Å². The second kappa shape index (κ2) is 15.0. The van der Waals surface area contributed by atoms with Crippen LogP contribution in [-0.2, 0) is 42.4 Å². The molecule has 0 spiro atoms. The predicted molar refractivity (Wildman–Crippen MR) is 154 cm³/mol. The summed E-state index contributed by atoms with van der Waals surface area (Å²) in [6.07, 6.45) is 1.26. The number of carbonyl (C=O) groups excluding carboxylic acids is 4. The van der Waals surface area contributed by atoms with Gasteiger partial charge in [0, 0.05) is 12.8 Å². The van der Waals surface area contributed by atoms with E-state index < -0.39 is 66.3 Å². The maximum Gasteiger partial charge on any atom is 0.331 e. The number of nitrogens with zero attached hydrogens (tertiary/aromatic N) is 3. The van der Waals surface area contributed by atoms with Gasteiger partial charge in [-0.3, -0.25) is 24.0 Å². The molecule has 2 aromatic carbocycles. The Labute approximate surface area is 252 Å². The van der Waals surface area contributed by atoms with Gasteiger partial charge in [0.1, 0.15) is 18.6 Å². The molecule has 0 unspecified atom stereocenters. The molecule has 1 heterocycles. The molecule has 0 aliphatic heterocycles. The van der Waals surface area contributed by atoms with E-state index in [0.717, 1.165) is 10.9 Å². The fraction of sp³-hybridized carbons (Fsp3) is 0.310. The monoisotopic (exact) mass is 607 g/mol. The summed E-state index contributed by atoms with van der Waals surface area (Å²) in [5, 5.41) is 35.5. The third-order valence-corrected chi connectivity index (χ3v) is 6.50. The quantitative estimate of drug-likeness (QED) is 0.130. The Kier molecular flexibility index (Phi) is 11.2. The van der Waals surface area contributed by atoms with E-state index in [1.165, 1.54) is 13.8 Å². The summed E-state index contributed by atoms with van der Waals surface area (Å²) in [5.74, 6) is -5.41. The molecule has 0 aliphatic rings. The fourth-order valence-electron chi connectivity index (χ4n) is 3.91. The van der Waals surface area contributed by atoms with Gasteiger partial charge in [-0.05, 0) is 25.0 Å². The Morgan fingerprint density at radius 3 is 1.77 bits per heavy atom. The van der Waals surface area contributed by atoms with Gasteiger partial charge in [-0.15, -0.1) is 5.10 Å². The fourth-order valence-corrected chi connectivity index (χ4v) is 3.91. The van der Waals surface area contributed by atoms with Crippen LogP contribution in [0.15, 0.2) is 66.9 Å². The first-order valence-electron chi connectivity index (χ1n) is 13.5. The van der Waals surface area contributed by atoms with E-state index in [4.69, 9.17) is 5.11 Å². The highest BCUT2D eigenvalue weighted by atomic mass is 16.4. The largest absolute Gasteiger partial charge is 0.480 e. The molecule has 0 fully saturated rings. The zero-order valence-corrected chi connectivity index (χ0v) is 24.0. The highest BCUT2D eigenvalue weighted by Gasteiger charge is 2.32. The minimum Gasteiger partial charge on any atom is -0.480 e. The Hall–Kier alpha value is -5.60. The van der Waals surface area contributed by atoms with Crippen molar-refractivity contribution in [3.63, 3.8) is 0 Å². The summed E-state index contributed by atoms with van der Waals surface area (Å²) in [6, 6.07) is 15.2. The number of hydrogen-bond acceptors (Lipinski definition) is 8. The van der Waals surface area contributed by atoms with Gasteiger partial charge >= 0.3 is 11.9 Å². The Morgan fingerprint density at radius 1 is 0.773 bits per heavy atom. The van der Waals surface area contributed by atoms with Gasteiger partial charge in [0.2, 0.25) is 17.7 Å². The van der Waals surface area contributed by atoms with Crippen LogP contribution >= 0.6 is 0 Å². The summed E-state index contributed by atoms with van der Waals surface area (Å²) in [7, 11) is 0. The molecule has 232 valence electrons. The Bertz CT molecular complexity index is 1490. The standard InChI is InChI=1S/C29H33N7O8/c1-29(2,28(43)44)36-17-22(34-35-36)27(42)33-21(14-19-11-7-4-8-12-19)26(41)30-15-23(37)32-20(25(40)31-16-24(38)39)13-18-9-5-3-6-10-18/h3-12,17,20-21H,13-16H2,1-2H3,(H,30,41)(H,31,40)(H,32,37)(H,33,42)(H,38,39)(H,43,44)/t20-,21-/m0/s1. The number of carboxylic acid groups (broad SMARTS) is 2. The Morgan fingerprint density at radius 2 is 1.27 bits per heavy atom. The van der Waals surface area contributed by atoms with Crippen molar-refractivity contribution in [2.45, 2.75) is 44.3 Å². The first-order chi connectivity index (χ1) is 20.9. The average Bonchev–Trinajstić information content (AvgIpc) is 3.50. The lowest BCUT2D eigenvalue weighted by atomic mass is 10.0. The van der Waals surface area contributed by atoms with Crippen molar-refractivity contribution in [1.29, 1.82) is 0 Å². The lowest BCUT2D eigenvalue weighted by Crippen LogP contribution is -2.53. The van der Waals surface area contributed by atoms with E-state index in [1.54, 1.807) is 60.7 Å². The van der Waals surface area contributed by atoms with Crippen molar-refractivity contribution < 1.29 is 39.0 Å². The number of amides is 4. The molecule has 44 heavy (non-hydrogen) atoms. The molecule has 15 nitrogen and oxygen atoms in total. The van der Waals surface area contributed by atoms with Crippen molar-refractivity contribution in [3.05, 3.63) is 83.7 Å². The molecular weight excluding hydrogens is 574 g/mol. The summed E-state index contributed by atoms with van der Waals surface area (Å²) in [6.45, 7) is 1.56. The van der Waals surface area contributed by atoms with Crippen LogP contribution in [-0.4, -0.2) is 85.9 Å². The first-order valence-corrected chi connectivity index (χ1v) is 13.5. The van der Waals surface area contributed by atoms with Gasteiger partial charge in [0.05, 0.1) is 12.7 Å². The smallest absolute Gasteiger partial charge is 0.331 e. The summed E-state index contributed by atoms with van der Waals surface area (Å²) in [4.78, 5) is 74.0. The highest BCUT2D eigenvalue weighted by molar-refractivity contribution is 5.97. The Balaban J connectivity index is 1.69. The number of carbonyl (C=O) groups is 6. The summed E-state index contributed by atoms with van der Waals surface area (Å²) in [5.41, 5.74) is -0.297. The van der Waals surface area contributed by atoms with E-state index >= 15 is 0 Å². The van der Waals surface area contributed by atoms with Gasteiger partial charge < -0.3 is 31.5 Å². The van der Waals surface area contributed by atoms with Crippen LogP contribution in [0.5, 0.6) is 0 Å². The van der Waals surface area contributed by atoms with E-state index in [2.05, 4.69) is 31.6 Å². The maximum atomic E-state index is 13.2. The number of benzene rings is 2. The van der Waals surface area contributed by atoms with E-state index in [9.17, 15) is 33.9 Å². The molecule has 15 heteroatoms. The van der Waals surface area contributed by atoms with E-state index in [-0.39, 0.29) is 18.5 Å². The average molecular weight is 608 g/mol. The van der Waals surface area contributed by atoms with Crippen LogP contribution < -0.4 is 21.3 Å². The minimum atomic E-state index is -1.48. The zero-order valence-electron chi connectivity index (χ0n) is 24.0. The molecule has 0 saturated heterocycles. The number of aliphatic carboxylic acids is 2. The number of rotatable bonds is 15. The van der Waals surface area contributed by atoms with Crippen molar-refractivity contribution in [3.8, 4) is 0 Å². The molecule has 3 rings (SSSR count). The van der Waals surface area contributed by atoms with Crippen molar-refractivity contribution in [2.24, 2.45) is 0 Å². The van der Waals surface area contributed by atoms with E-state index in [0.29, 0.717) is 11.1 Å². The molecule has 1 aromatic heterocycles. The second-order valence-electron chi connectivity index (χ2n) is 10.3. The van der Waals surface area contributed by atoms with Crippen LogP contribution in [0.3, 0.4) is 0 Å². The normalized spacial score (nSPS) is 12.3. The lowest BCUT2D eigenvalue weighted by Gasteiger charge is -2.20. The molecule has 0 saturated carbocycles. The molecule has 0 radical (unpaired) electrons. The third kappa shape index (κ3) is 9.47. The topological polar surface area (TPSA) is 222 Å². The number of hydrogen-bond donors (Lipinski definition) is 6. The molecule has 3 aromatic rings. The van der Waals surface area contributed by atoms with Crippen LogP contribution in [0.25, 0.3) is 0 Å². The summed E-state index contributed by atoms with van der Waals surface area (Å²) < 4.78 is 1.01. The number of nitrogens with one attached hydrogen (secondary N) is 4. The van der Waals surface area contributed by atoms with Crippen LogP contribution in [0, 0.1) is 0 Å². The maximum absolute atomic E-state index is 13.2.